The number of amides is 1. The highest BCUT2D eigenvalue weighted by Crippen LogP contribution is 2.39. The first kappa shape index (κ1) is 17.5. The summed E-state index contributed by atoms with van der Waals surface area (Å²) in [5, 5.41) is 2.11. The zero-order valence-electron chi connectivity index (χ0n) is 11.5. The van der Waals surface area contributed by atoms with Crippen molar-refractivity contribution < 1.29 is 4.79 Å². The number of nitrogens with one attached hydrogen (secondary N) is 1. The standard InChI is InChI=1S/C16H14Cl3NOS/c17-16(18,19)15(22-13-9-5-2-6-10-13)20-14(21)11-12-7-3-1-4-8-12/h1-10,15H,11H2,(H,20,21)/t15-/m1/s1. The molecule has 0 spiro atoms. The van der Waals surface area contributed by atoms with Crippen molar-refractivity contribution in [3.05, 3.63) is 66.2 Å². The minimum Gasteiger partial charge on any atom is -0.340 e. The van der Waals surface area contributed by atoms with Gasteiger partial charge in [0.05, 0.1) is 6.42 Å². The van der Waals surface area contributed by atoms with Crippen LogP contribution >= 0.6 is 46.6 Å². The smallest absolute Gasteiger partial charge is 0.225 e. The molecule has 0 fully saturated rings. The number of benzene rings is 2. The van der Waals surface area contributed by atoms with E-state index in [4.69, 9.17) is 34.8 Å². The van der Waals surface area contributed by atoms with Gasteiger partial charge >= 0.3 is 0 Å². The lowest BCUT2D eigenvalue weighted by Gasteiger charge is -2.25. The lowest BCUT2D eigenvalue weighted by Crippen LogP contribution is -2.42. The quantitative estimate of drug-likeness (QED) is 0.461. The maximum Gasteiger partial charge on any atom is 0.225 e. The molecule has 0 saturated heterocycles. The van der Waals surface area contributed by atoms with Crippen molar-refractivity contribution in [1.29, 1.82) is 0 Å². The van der Waals surface area contributed by atoms with Gasteiger partial charge in [0.1, 0.15) is 5.37 Å². The van der Waals surface area contributed by atoms with Gasteiger partial charge in [-0.1, -0.05) is 95.1 Å². The van der Waals surface area contributed by atoms with Gasteiger partial charge in [-0.15, -0.1) is 0 Å². The van der Waals surface area contributed by atoms with Crippen molar-refractivity contribution in [2.75, 3.05) is 0 Å². The van der Waals surface area contributed by atoms with Gasteiger partial charge in [0.15, 0.2) is 0 Å². The Kier molecular flexibility index (Phi) is 6.45. The molecule has 2 aromatic carbocycles. The van der Waals surface area contributed by atoms with Gasteiger partial charge in [-0.2, -0.15) is 0 Å². The second-order valence-corrected chi connectivity index (χ2v) is 8.13. The molecular formula is C16H14Cl3NOS. The van der Waals surface area contributed by atoms with Crippen LogP contribution in [0.1, 0.15) is 5.56 Å². The van der Waals surface area contributed by atoms with Gasteiger partial charge < -0.3 is 5.32 Å². The van der Waals surface area contributed by atoms with Gasteiger partial charge in [0, 0.05) is 4.90 Å². The van der Waals surface area contributed by atoms with Gasteiger partial charge in [0.25, 0.3) is 0 Å². The van der Waals surface area contributed by atoms with E-state index in [1.165, 1.54) is 11.8 Å². The van der Waals surface area contributed by atoms with E-state index in [2.05, 4.69) is 5.32 Å². The normalized spacial score (nSPS) is 12.7. The molecule has 0 heterocycles. The highest BCUT2D eigenvalue weighted by atomic mass is 35.6. The Morgan fingerprint density at radius 2 is 1.55 bits per heavy atom. The number of carbonyl (C=O) groups is 1. The first-order valence-corrected chi connectivity index (χ1v) is 8.58. The van der Waals surface area contributed by atoms with Crippen LogP contribution in [0.15, 0.2) is 65.6 Å². The summed E-state index contributed by atoms with van der Waals surface area (Å²) in [6.45, 7) is 0. The monoisotopic (exact) mass is 373 g/mol. The van der Waals surface area contributed by atoms with E-state index < -0.39 is 9.17 Å². The maximum atomic E-state index is 12.2. The van der Waals surface area contributed by atoms with Crippen molar-refractivity contribution in [3.63, 3.8) is 0 Å². The molecule has 6 heteroatoms. The van der Waals surface area contributed by atoms with E-state index in [-0.39, 0.29) is 12.3 Å². The number of rotatable bonds is 5. The molecule has 2 rings (SSSR count). The average Bonchev–Trinajstić information content (AvgIpc) is 2.48. The minimum atomic E-state index is -1.60. The second kappa shape index (κ2) is 8.11. The van der Waals surface area contributed by atoms with Crippen LogP contribution in [-0.2, 0) is 11.2 Å². The number of hydrogen-bond acceptors (Lipinski definition) is 2. The molecule has 2 nitrogen and oxygen atoms in total. The molecule has 0 aliphatic heterocycles. The van der Waals surface area contributed by atoms with E-state index in [0.717, 1.165) is 10.5 Å². The Bertz CT molecular complexity index is 602. The summed E-state index contributed by atoms with van der Waals surface area (Å²) in [6.07, 6.45) is 0.243. The van der Waals surface area contributed by atoms with Crippen molar-refractivity contribution in [3.8, 4) is 0 Å². The fourth-order valence-electron chi connectivity index (χ4n) is 1.79. The summed E-state index contributed by atoms with van der Waals surface area (Å²) < 4.78 is -1.60. The first-order valence-electron chi connectivity index (χ1n) is 6.57. The molecule has 1 N–H and O–H groups in total. The van der Waals surface area contributed by atoms with Crippen LogP contribution in [-0.4, -0.2) is 15.1 Å². The summed E-state index contributed by atoms with van der Waals surface area (Å²) >= 11 is 19.3. The number of alkyl halides is 3. The predicted octanol–water partition coefficient (Wildman–Crippen LogP) is 4.83. The van der Waals surface area contributed by atoms with Crippen LogP contribution in [0.3, 0.4) is 0 Å². The Morgan fingerprint density at radius 1 is 1.00 bits per heavy atom. The third-order valence-corrected chi connectivity index (χ3v) is 5.09. The minimum absolute atomic E-state index is 0.189. The maximum absolute atomic E-state index is 12.2. The van der Waals surface area contributed by atoms with Crippen LogP contribution in [0.25, 0.3) is 0 Å². The summed E-state index contributed by atoms with van der Waals surface area (Å²) in [5.41, 5.74) is 0.910. The van der Waals surface area contributed by atoms with Crippen molar-refractivity contribution >= 4 is 52.5 Å². The highest BCUT2D eigenvalue weighted by molar-refractivity contribution is 8.00. The summed E-state index contributed by atoms with van der Waals surface area (Å²) in [4.78, 5) is 13.1. The molecule has 22 heavy (non-hydrogen) atoms. The van der Waals surface area contributed by atoms with Crippen LogP contribution in [0.5, 0.6) is 0 Å². The summed E-state index contributed by atoms with van der Waals surface area (Å²) in [5.74, 6) is -0.189. The van der Waals surface area contributed by atoms with Crippen LogP contribution in [0.2, 0.25) is 0 Å². The fourth-order valence-corrected chi connectivity index (χ4v) is 3.27. The molecular weight excluding hydrogens is 361 g/mol. The molecule has 0 saturated carbocycles. The predicted molar refractivity (Wildman–Crippen MR) is 94.7 cm³/mol. The molecule has 0 aliphatic carbocycles. The largest absolute Gasteiger partial charge is 0.340 e. The topological polar surface area (TPSA) is 29.1 Å². The summed E-state index contributed by atoms with van der Waals surface area (Å²) in [6, 6.07) is 18.9. The highest BCUT2D eigenvalue weighted by Gasteiger charge is 2.34. The number of halogens is 3. The third-order valence-electron chi connectivity index (χ3n) is 2.79. The molecule has 1 atom stereocenters. The average molecular weight is 375 g/mol. The van der Waals surface area contributed by atoms with Crippen LogP contribution in [0.4, 0.5) is 0 Å². The van der Waals surface area contributed by atoms with Crippen LogP contribution in [0, 0.1) is 0 Å². The van der Waals surface area contributed by atoms with Gasteiger partial charge in [-0.05, 0) is 17.7 Å². The van der Waals surface area contributed by atoms with Crippen molar-refractivity contribution in [2.45, 2.75) is 20.5 Å². The molecule has 1 amide bonds. The first-order chi connectivity index (χ1) is 10.4. The zero-order chi connectivity index (χ0) is 16.0. The van der Waals surface area contributed by atoms with E-state index in [1.54, 1.807) is 0 Å². The van der Waals surface area contributed by atoms with E-state index in [0.29, 0.717) is 0 Å². The molecule has 0 aromatic heterocycles. The van der Waals surface area contributed by atoms with Gasteiger partial charge in [-0.3, -0.25) is 4.79 Å². The summed E-state index contributed by atoms with van der Waals surface area (Å²) in [7, 11) is 0. The molecule has 0 bridgehead atoms. The van der Waals surface area contributed by atoms with E-state index >= 15 is 0 Å². The van der Waals surface area contributed by atoms with E-state index in [1.807, 2.05) is 60.7 Å². The number of thioether (sulfide) groups is 1. The number of hydrogen-bond donors (Lipinski definition) is 1. The van der Waals surface area contributed by atoms with Crippen LogP contribution < -0.4 is 5.32 Å². The number of carbonyl (C=O) groups excluding carboxylic acids is 1. The Morgan fingerprint density at radius 3 is 2.09 bits per heavy atom. The van der Waals surface area contributed by atoms with Crippen molar-refractivity contribution in [1.82, 2.24) is 5.32 Å². The molecule has 0 radical (unpaired) electrons. The Hall–Kier alpha value is -0.870. The third kappa shape index (κ3) is 5.73. The fraction of sp³-hybridized carbons (Fsp3) is 0.188. The lowest BCUT2D eigenvalue weighted by molar-refractivity contribution is -0.120. The zero-order valence-corrected chi connectivity index (χ0v) is 14.6. The second-order valence-electron chi connectivity index (χ2n) is 4.58. The van der Waals surface area contributed by atoms with Crippen molar-refractivity contribution in [2.24, 2.45) is 0 Å². The molecule has 116 valence electrons. The lowest BCUT2D eigenvalue weighted by atomic mass is 10.1. The van der Waals surface area contributed by atoms with Gasteiger partial charge in [0.2, 0.25) is 9.70 Å². The Balaban J connectivity index is 2.02. The molecule has 2 aromatic rings. The Labute approximate surface area is 149 Å². The van der Waals surface area contributed by atoms with E-state index in [9.17, 15) is 4.79 Å². The molecule has 0 unspecified atom stereocenters. The molecule has 0 aliphatic rings. The SMILES string of the molecule is O=C(Cc1ccccc1)N[C@H](Sc1ccccc1)C(Cl)(Cl)Cl. The van der Waals surface area contributed by atoms with Gasteiger partial charge in [-0.25, -0.2) is 0 Å².